The highest BCUT2D eigenvalue weighted by molar-refractivity contribution is 7.92. The molecule has 3 rings (SSSR count). The van der Waals surface area contributed by atoms with Crippen LogP contribution in [0.1, 0.15) is 60.5 Å². The van der Waals surface area contributed by atoms with E-state index in [0.717, 1.165) is 37.9 Å². The Kier molecular flexibility index (Phi) is 8.92. The van der Waals surface area contributed by atoms with Gasteiger partial charge in [0.25, 0.3) is 10.0 Å². The van der Waals surface area contributed by atoms with Crippen molar-refractivity contribution in [1.29, 1.82) is 0 Å². The van der Waals surface area contributed by atoms with Crippen LogP contribution in [-0.4, -0.2) is 28.0 Å². The third kappa shape index (κ3) is 6.46. The van der Waals surface area contributed by atoms with Crippen molar-refractivity contribution in [2.45, 2.75) is 58.4 Å². The van der Waals surface area contributed by atoms with Crippen molar-refractivity contribution in [3.63, 3.8) is 0 Å². The average molecular weight is 543 g/mol. The van der Waals surface area contributed by atoms with E-state index in [9.17, 15) is 13.2 Å². The minimum atomic E-state index is -4.03. The van der Waals surface area contributed by atoms with E-state index in [1.165, 1.54) is 0 Å². The van der Waals surface area contributed by atoms with E-state index in [4.69, 9.17) is 16.3 Å². The Hall–Kier alpha value is -3.03. The van der Waals surface area contributed by atoms with Crippen molar-refractivity contribution in [2.75, 3.05) is 18.0 Å². The molecule has 0 bridgehead atoms. The summed E-state index contributed by atoms with van der Waals surface area (Å²) in [5.41, 5.74) is 5.04. The topological polar surface area (TPSA) is 75.7 Å². The third-order valence-corrected chi connectivity index (χ3v) is 8.62. The highest BCUT2D eigenvalue weighted by atomic mass is 35.5. The molecule has 0 saturated heterocycles. The SMILES string of the molecule is COc1cc(C)c([C@H](C)NC(=O)CN(c2ccc(C)c(Cl)c2)S(=O)(=O)c2ccc(C)cc2)cc1C(C)C. The Morgan fingerprint density at radius 2 is 1.59 bits per heavy atom. The molecule has 0 aliphatic heterocycles. The van der Waals surface area contributed by atoms with E-state index >= 15 is 0 Å². The molecule has 0 radical (unpaired) electrons. The van der Waals surface area contributed by atoms with Crippen molar-refractivity contribution < 1.29 is 17.9 Å². The number of sulfonamides is 1. The number of methoxy groups -OCH3 is 1. The molecule has 8 heteroatoms. The lowest BCUT2D eigenvalue weighted by molar-refractivity contribution is -0.120. The zero-order chi connectivity index (χ0) is 27.5. The molecular formula is C29H35ClN2O4S. The summed E-state index contributed by atoms with van der Waals surface area (Å²) >= 11 is 6.33. The Morgan fingerprint density at radius 3 is 2.16 bits per heavy atom. The molecule has 1 amide bonds. The van der Waals surface area contributed by atoms with Gasteiger partial charge in [-0.05, 0) is 92.3 Å². The summed E-state index contributed by atoms with van der Waals surface area (Å²) in [6, 6.07) is 15.2. The van der Waals surface area contributed by atoms with Crippen LogP contribution in [0.15, 0.2) is 59.5 Å². The number of aryl methyl sites for hydroxylation is 3. The first kappa shape index (κ1) is 28.5. The number of carbonyl (C=O) groups is 1. The van der Waals surface area contributed by atoms with E-state index in [0.29, 0.717) is 10.7 Å². The predicted molar refractivity (Wildman–Crippen MR) is 150 cm³/mol. The lowest BCUT2D eigenvalue weighted by Gasteiger charge is -2.26. The Balaban J connectivity index is 1.94. The molecule has 198 valence electrons. The zero-order valence-corrected chi connectivity index (χ0v) is 24.0. The molecule has 0 aliphatic rings. The molecule has 0 fully saturated rings. The van der Waals surface area contributed by atoms with E-state index in [2.05, 4.69) is 19.2 Å². The first-order chi connectivity index (χ1) is 17.3. The van der Waals surface area contributed by atoms with Gasteiger partial charge in [0, 0.05) is 5.02 Å². The largest absolute Gasteiger partial charge is 0.496 e. The number of hydrogen-bond acceptors (Lipinski definition) is 4. The molecule has 3 aromatic rings. The van der Waals surface area contributed by atoms with Gasteiger partial charge in [0.15, 0.2) is 0 Å². The molecule has 0 aliphatic carbocycles. The number of hydrogen-bond donors (Lipinski definition) is 1. The lowest BCUT2D eigenvalue weighted by Crippen LogP contribution is -2.41. The summed E-state index contributed by atoms with van der Waals surface area (Å²) in [6.07, 6.45) is 0. The van der Waals surface area contributed by atoms with Crippen LogP contribution in [0.4, 0.5) is 5.69 Å². The molecular weight excluding hydrogens is 508 g/mol. The minimum Gasteiger partial charge on any atom is -0.496 e. The van der Waals surface area contributed by atoms with Gasteiger partial charge in [0.2, 0.25) is 5.91 Å². The van der Waals surface area contributed by atoms with E-state index in [1.54, 1.807) is 49.6 Å². The maximum Gasteiger partial charge on any atom is 0.264 e. The van der Waals surface area contributed by atoms with Gasteiger partial charge in [-0.1, -0.05) is 49.2 Å². The number of nitrogens with zero attached hydrogens (tertiary/aromatic N) is 1. The monoisotopic (exact) mass is 542 g/mol. The van der Waals surface area contributed by atoms with Crippen molar-refractivity contribution in [2.24, 2.45) is 0 Å². The maximum atomic E-state index is 13.7. The number of benzene rings is 3. The summed E-state index contributed by atoms with van der Waals surface area (Å²) in [6.45, 7) is 11.3. The van der Waals surface area contributed by atoms with Gasteiger partial charge in [0.1, 0.15) is 12.3 Å². The summed E-state index contributed by atoms with van der Waals surface area (Å²) in [5, 5.41) is 3.40. The number of rotatable bonds is 9. The molecule has 0 aromatic heterocycles. The summed E-state index contributed by atoms with van der Waals surface area (Å²) in [7, 11) is -2.39. The first-order valence-electron chi connectivity index (χ1n) is 12.2. The second kappa shape index (κ2) is 11.6. The second-order valence-electron chi connectivity index (χ2n) is 9.65. The van der Waals surface area contributed by atoms with Crippen LogP contribution in [-0.2, 0) is 14.8 Å². The van der Waals surface area contributed by atoms with Gasteiger partial charge in [-0.15, -0.1) is 0 Å². The van der Waals surface area contributed by atoms with Crippen LogP contribution in [0.2, 0.25) is 5.02 Å². The fourth-order valence-corrected chi connectivity index (χ4v) is 5.78. The van der Waals surface area contributed by atoms with Crippen LogP contribution >= 0.6 is 11.6 Å². The van der Waals surface area contributed by atoms with Crippen molar-refractivity contribution in [3.8, 4) is 5.75 Å². The smallest absolute Gasteiger partial charge is 0.264 e. The number of carbonyl (C=O) groups excluding carboxylic acids is 1. The number of ether oxygens (including phenoxy) is 1. The number of anilines is 1. The Labute approximate surface area is 225 Å². The minimum absolute atomic E-state index is 0.100. The Bertz CT molecular complexity index is 1390. The third-order valence-electron chi connectivity index (χ3n) is 6.42. The van der Waals surface area contributed by atoms with Crippen LogP contribution in [0, 0.1) is 20.8 Å². The second-order valence-corrected chi connectivity index (χ2v) is 11.9. The molecule has 1 N–H and O–H groups in total. The molecule has 0 saturated carbocycles. The van der Waals surface area contributed by atoms with Crippen LogP contribution < -0.4 is 14.4 Å². The molecule has 1 atom stereocenters. The van der Waals surface area contributed by atoms with Gasteiger partial charge < -0.3 is 10.1 Å². The van der Waals surface area contributed by atoms with Gasteiger partial charge >= 0.3 is 0 Å². The van der Waals surface area contributed by atoms with Gasteiger partial charge in [-0.25, -0.2) is 8.42 Å². The van der Waals surface area contributed by atoms with Gasteiger partial charge in [-0.3, -0.25) is 9.10 Å². The first-order valence-corrected chi connectivity index (χ1v) is 14.0. The number of amides is 1. The Morgan fingerprint density at radius 1 is 0.946 bits per heavy atom. The van der Waals surface area contributed by atoms with Crippen LogP contribution in [0.3, 0.4) is 0 Å². The molecule has 0 unspecified atom stereocenters. The molecule has 0 spiro atoms. The maximum absolute atomic E-state index is 13.7. The highest BCUT2D eigenvalue weighted by Gasteiger charge is 2.28. The zero-order valence-electron chi connectivity index (χ0n) is 22.4. The fourth-order valence-electron chi connectivity index (χ4n) is 4.19. The van der Waals surface area contributed by atoms with Crippen molar-refractivity contribution in [3.05, 3.63) is 87.4 Å². The van der Waals surface area contributed by atoms with E-state index in [-0.39, 0.29) is 16.9 Å². The van der Waals surface area contributed by atoms with E-state index in [1.807, 2.05) is 39.8 Å². The fraction of sp³-hybridized carbons (Fsp3) is 0.345. The number of nitrogens with one attached hydrogen (secondary N) is 1. The van der Waals surface area contributed by atoms with Crippen LogP contribution in [0.5, 0.6) is 5.75 Å². The molecule has 6 nitrogen and oxygen atoms in total. The highest BCUT2D eigenvalue weighted by Crippen LogP contribution is 2.32. The molecule has 0 heterocycles. The standard InChI is InChI=1S/C29H35ClN2O4S/c1-18(2)25-16-26(21(5)14-28(25)36-7)22(6)31-29(33)17-32(23-11-10-20(4)27(30)15-23)37(34,35)24-12-8-19(3)9-13-24/h8-16,18,22H,17H2,1-7H3,(H,31,33)/t22-/m0/s1. The van der Waals surface area contributed by atoms with Crippen molar-refractivity contribution >= 4 is 33.2 Å². The van der Waals surface area contributed by atoms with Crippen LogP contribution in [0.25, 0.3) is 0 Å². The summed E-state index contributed by atoms with van der Waals surface area (Å²) < 4.78 is 34.0. The quantitative estimate of drug-likeness (QED) is 0.336. The number of halogens is 1. The average Bonchev–Trinajstić information content (AvgIpc) is 2.84. The van der Waals surface area contributed by atoms with Gasteiger partial charge in [-0.2, -0.15) is 0 Å². The normalized spacial score (nSPS) is 12.4. The molecule has 3 aromatic carbocycles. The summed E-state index contributed by atoms with van der Waals surface area (Å²) in [5.74, 6) is 0.612. The lowest BCUT2D eigenvalue weighted by atomic mass is 9.93. The van der Waals surface area contributed by atoms with Gasteiger partial charge in [0.05, 0.1) is 23.7 Å². The summed E-state index contributed by atoms with van der Waals surface area (Å²) in [4.78, 5) is 13.4. The predicted octanol–water partition coefficient (Wildman–Crippen LogP) is 6.47. The van der Waals surface area contributed by atoms with E-state index < -0.39 is 22.5 Å². The molecule has 37 heavy (non-hydrogen) atoms. The van der Waals surface area contributed by atoms with Crippen molar-refractivity contribution in [1.82, 2.24) is 5.32 Å².